The number of guanidine groups is 1. The molecule has 8 heteroatoms. The van der Waals surface area contributed by atoms with Crippen molar-refractivity contribution < 1.29 is 8.42 Å². The van der Waals surface area contributed by atoms with Crippen molar-refractivity contribution in [3.63, 3.8) is 0 Å². The molecule has 0 heterocycles. The highest BCUT2D eigenvalue weighted by atomic mass is 127. The summed E-state index contributed by atoms with van der Waals surface area (Å²) in [5.74, 6) is 1.17. The highest BCUT2D eigenvalue weighted by molar-refractivity contribution is 14.0. The molecule has 0 aromatic heterocycles. The minimum Gasteiger partial charge on any atom is -0.370 e. The molecule has 0 saturated heterocycles. The van der Waals surface area contributed by atoms with Gasteiger partial charge in [0.1, 0.15) is 0 Å². The molecule has 0 unspecified atom stereocenters. The first-order valence-electron chi connectivity index (χ1n) is 7.45. The summed E-state index contributed by atoms with van der Waals surface area (Å²) in [6.07, 6.45) is 3.84. The van der Waals surface area contributed by atoms with Crippen LogP contribution in [-0.4, -0.2) is 39.3 Å². The molecule has 1 aromatic rings. The van der Waals surface area contributed by atoms with Gasteiger partial charge < -0.3 is 11.1 Å². The van der Waals surface area contributed by atoms with Crippen molar-refractivity contribution in [2.45, 2.75) is 30.7 Å². The number of nitrogens with zero attached hydrogens (tertiary/aromatic N) is 2. The molecule has 0 aliphatic heterocycles. The van der Waals surface area contributed by atoms with E-state index in [0.29, 0.717) is 12.5 Å². The van der Waals surface area contributed by atoms with E-state index in [4.69, 9.17) is 5.73 Å². The number of rotatable bonds is 6. The number of sulfonamides is 1. The molecule has 1 aliphatic carbocycles. The third kappa shape index (κ3) is 5.61. The van der Waals surface area contributed by atoms with Crippen LogP contribution in [0.1, 0.15) is 24.8 Å². The lowest BCUT2D eigenvalue weighted by molar-refractivity contribution is 0.315. The fourth-order valence-corrected chi connectivity index (χ4v) is 3.06. The SMILES string of the molecule is CN(C)S(=O)(=O)c1ccc(CN=C(N)NCC2CCC2)cc1.I. The molecule has 2 rings (SSSR count). The molecule has 130 valence electrons. The Morgan fingerprint density at radius 2 is 1.91 bits per heavy atom. The van der Waals surface area contributed by atoms with Crippen LogP contribution >= 0.6 is 24.0 Å². The van der Waals surface area contributed by atoms with Gasteiger partial charge in [0.2, 0.25) is 10.0 Å². The normalized spacial score (nSPS) is 15.9. The van der Waals surface area contributed by atoms with Gasteiger partial charge in [-0.1, -0.05) is 18.6 Å². The first kappa shape index (κ1) is 20.2. The van der Waals surface area contributed by atoms with E-state index in [1.807, 2.05) is 0 Å². The summed E-state index contributed by atoms with van der Waals surface area (Å²) in [6.45, 7) is 1.32. The Balaban J connectivity index is 0.00000264. The van der Waals surface area contributed by atoms with Crippen LogP contribution in [0.4, 0.5) is 0 Å². The molecule has 1 fully saturated rings. The molecule has 1 aromatic carbocycles. The summed E-state index contributed by atoms with van der Waals surface area (Å²) in [6, 6.07) is 6.72. The van der Waals surface area contributed by atoms with E-state index in [2.05, 4.69) is 10.3 Å². The van der Waals surface area contributed by atoms with E-state index >= 15 is 0 Å². The Morgan fingerprint density at radius 1 is 1.30 bits per heavy atom. The molecule has 23 heavy (non-hydrogen) atoms. The van der Waals surface area contributed by atoms with Gasteiger partial charge in [0.05, 0.1) is 11.4 Å². The number of nitrogens with two attached hydrogens (primary N) is 1. The molecule has 0 atom stereocenters. The smallest absolute Gasteiger partial charge is 0.242 e. The number of hydrogen-bond acceptors (Lipinski definition) is 3. The topological polar surface area (TPSA) is 87.8 Å². The summed E-state index contributed by atoms with van der Waals surface area (Å²) in [5, 5.41) is 3.13. The van der Waals surface area contributed by atoms with Crippen LogP contribution in [0.5, 0.6) is 0 Å². The van der Waals surface area contributed by atoms with Crippen LogP contribution in [0.15, 0.2) is 34.2 Å². The van der Waals surface area contributed by atoms with Crippen molar-refractivity contribution in [3.05, 3.63) is 29.8 Å². The number of benzene rings is 1. The van der Waals surface area contributed by atoms with Crippen LogP contribution in [0.2, 0.25) is 0 Å². The highest BCUT2D eigenvalue weighted by Crippen LogP contribution is 2.25. The van der Waals surface area contributed by atoms with Gasteiger partial charge in [-0.2, -0.15) is 0 Å². The minimum atomic E-state index is -3.38. The Hall–Kier alpha value is -0.870. The average molecular weight is 452 g/mol. The van der Waals surface area contributed by atoms with Gasteiger partial charge in [-0.15, -0.1) is 24.0 Å². The zero-order chi connectivity index (χ0) is 16.2. The lowest BCUT2D eigenvalue weighted by Gasteiger charge is -2.25. The molecule has 0 spiro atoms. The van der Waals surface area contributed by atoms with Gasteiger partial charge in [-0.25, -0.2) is 17.7 Å². The maximum atomic E-state index is 12.0. The van der Waals surface area contributed by atoms with Gasteiger partial charge in [0.25, 0.3) is 0 Å². The predicted octanol–water partition coefficient (Wildman–Crippen LogP) is 1.76. The fraction of sp³-hybridized carbons (Fsp3) is 0.533. The fourth-order valence-electron chi connectivity index (χ4n) is 2.16. The van der Waals surface area contributed by atoms with Gasteiger partial charge in [0.15, 0.2) is 5.96 Å². The summed E-state index contributed by atoms with van der Waals surface area (Å²) in [7, 11) is -0.347. The maximum Gasteiger partial charge on any atom is 0.242 e. The van der Waals surface area contributed by atoms with Crippen LogP contribution in [0, 0.1) is 5.92 Å². The summed E-state index contributed by atoms with van der Waals surface area (Å²) < 4.78 is 25.1. The Labute approximate surface area is 155 Å². The van der Waals surface area contributed by atoms with Crippen molar-refractivity contribution in [2.75, 3.05) is 20.6 Å². The zero-order valence-corrected chi connectivity index (χ0v) is 16.7. The highest BCUT2D eigenvalue weighted by Gasteiger charge is 2.17. The van der Waals surface area contributed by atoms with Crippen molar-refractivity contribution in [3.8, 4) is 0 Å². The molecule has 1 aliphatic rings. The molecule has 0 radical (unpaired) electrons. The monoisotopic (exact) mass is 452 g/mol. The Morgan fingerprint density at radius 3 is 2.39 bits per heavy atom. The lowest BCUT2D eigenvalue weighted by Crippen LogP contribution is -2.37. The van der Waals surface area contributed by atoms with E-state index in [0.717, 1.165) is 18.0 Å². The lowest BCUT2D eigenvalue weighted by atomic mass is 9.85. The van der Waals surface area contributed by atoms with Crippen LogP contribution in [0.25, 0.3) is 0 Å². The van der Waals surface area contributed by atoms with Gasteiger partial charge in [-0.05, 0) is 36.5 Å². The second-order valence-corrected chi connectivity index (χ2v) is 7.96. The van der Waals surface area contributed by atoms with E-state index < -0.39 is 10.0 Å². The average Bonchev–Trinajstić information content (AvgIpc) is 2.43. The number of halogens is 1. The first-order chi connectivity index (χ1) is 10.4. The van der Waals surface area contributed by atoms with Crippen LogP contribution in [0.3, 0.4) is 0 Å². The van der Waals surface area contributed by atoms with Crippen LogP contribution in [-0.2, 0) is 16.6 Å². The summed E-state index contributed by atoms with van der Waals surface area (Å²) in [4.78, 5) is 4.55. The second kappa shape index (κ2) is 8.84. The maximum absolute atomic E-state index is 12.0. The standard InChI is InChI=1S/C15H24N4O2S.HI/c1-19(2)22(20,21)14-8-6-13(7-9-14)11-18-15(16)17-10-12-4-3-5-12;/h6-9,12H,3-5,10-11H2,1-2H3,(H3,16,17,18);1H. The Kier molecular flexibility index (Phi) is 7.75. The molecular formula is C15H25IN4O2S. The molecule has 0 amide bonds. The molecule has 1 saturated carbocycles. The van der Waals surface area contributed by atoms with Gasteiger partial charge >= 0.3 is 0 Å². The zero-order valence-electron chi connectivity index (χ0n) is 13.5. The minimum absolute atomic E-state index is 0. The van der Waals surface area contributed by atoms with Gasteiger partial charge in [0, 0.05) is 20.6 Å². The van der Waals surface area contributed by atoms with Crippen molar-refractivity contribution in [2.24, 2.45) is 16.6 Å². The van der Waals surface area contributed by atoms with Crippen molar-refractivity contribution in [1.29, 1.82) is 0 Å². The predicted molar refractivity (Wildman–Crippen MR) is 103 cm³/mol. The van der Waals surface area contributed by atoms with E-state index in [1.165, 1.54) is 37.7 Å². The number of nitrogens with one attached hydrogen (secondary N) is 1. The van der Waals surface area contributed by atoms with E-state index in [1.54, 1.807) is 24.3 Å². The largest absolute Gasteiger partial charge is 0.370 e. The summed E-state index contributed by atoms with van der Waals surface area (Å²) >= 11 is 0. The second-order valence-electron chi connectivity index (χ2n) is 5.81. The van der Waals surface area contributed by atoms with Crippen molar-refractivity contribution >= 4 is 40.0 Å². The van der Waals surface area contributed by atoms with Gasteiger partial charge in [-0.3, -0.25) is 0 Å². The third-order valence-electron chi connectivity index (χ3n) is 3.93. The molecule has 0 bridgehead atoms. The van der Waals surface area contributed by atoms with E-state index in [-0.39, 0.29) is 28.9 Å². The van der Waals surface area contributed by atoms with Crippen molar-refractivity contribution in [1.82, 2.24) is 9.62 Å². The summed E-state index contributed by atoms with van der Waals surface area (Å²) in [5.41, 5.74) is 6.75. The van der Waals surface area contributed by atoms with E-state index in [9.17, 15) is 8.42 Å². The Bertz CT molecular complexity index is 625. The third-order valence-corrected chi connectivity index (χ3v) is 5.76. The number of aliphatic imine (C=N–C) groups is 1. The van der Waals surface area contributed by atoms with Crippen LogP contribution < -0.4 is 11.1 Å². The molecular weight excluding hydrogens is 427 g/mol. The quantitative estimate of drug-likeness (QED) is 0.391. The molecule has 3 N–H and O–H groups in total. The number of hydrogen-bond donors (Lipinski definition) is 2. The molecule has 6 nitrogen and oxygen atoms in total. The first-order valence-corrected chi connectivity index (χ1v) is 8.89.